The Morgan fingerprint density at radius 1 is 0.636 bits per heavy atom. The van der Waals surface area contributed by atoms with Gasteiger partial charge in [0.1, 0.15) is 0 Å². The lowest BCUT2D eigenvalue weighted by Crippen LogP contribution is -2.53. The zero-order chi connectivity index (χ0) is 15.2. The van der Waals surface area contributed by atoms with E-state index >= 15 is 0 Å². The van der Waals surface area contributed by atoms with Crippen molar-refractivity contribution in [3.05, 3.63) is 83.9 Å². The van der Waals surface area contributed by atoms with Crippen molar-refractivity contribution in [1.82, 2.24) is 0 Å². The fraction of sp³-hybridized carbons (Fsp3) is 0.300. The summed E-state index contributed by atoms with van der Waals surface area (Å²) in [4.78, 5) is 0. The van der Waals surface area contributed by atoms with Crippen LogP contribution >= 0.6 is 0 Å². The Labute approximate surface area is 130 Å². The number of aliphatic hydroxyl groups is 2. The van der Waals surface area contributed by atoms with Gasteiger partial charge in [-0.15, -0.1) is 0 Å². The van der Waals surface area contributed by atoms with E-state index in [-0.39, 0.29) is 11.8 Å². The van der Waals surface area contributed by atoms with Crippen LogP contribution in [0.15, 0.2) is 72.8 Å². The molecule has 2 nitrogen and oxygen atoms in total. The Bertz CT molecular complexity index is 633. The van der Waals surface area contributed by atoms with Crippen molar-refractivity contribution in [2.24, 2.45) is 11.8 Å². The van der Waals surface area contributed by atoms with Gasteiger partial charge >= 0.3 is 0 Å². The van der Waals surface area contributed by atoms with Crippen LogP contribution in [0.3, 0.4) is 0 Å². The Morgan fingerprint density at radius 3 is 1.32 bits per heavy atom. The molecule has 2 heteroatoms. The smallest absolute Gasteiger partial charge is 0.0966 e. The van der Waals surface area contributed by atoms with Gasteiger partial charge in [-0.3, -0.25) is 0 Å². The molecular formula is C20H20O2. The second kappa shape index (κ2) is 4.80. The number of hydrogen-bond donors (Lipinski definition) is 2. The quantitative estimate of drug-likeness (QED) is 0.833. The summed E-state index contributed by atoms with van der Waals surface area (Å²) >= 11 is 0. The normalized spacial score (nSPS) is 36.5. The maximum absolute atomic E-state index is 11.2. The van der Waals surface area contributed by atoms with Crippen LogP contribution in [-0.2, 0) is 11.2 Å². The molecule has 0 heterocycles. The molecular weight excluding hydrogens is 272 g/mol. The predicted octanol–water partition coefficient (Wildman–Crippen LogP) is 3.36. The molecule has 2 bridgehead atoms. The van der Waals surface area contributed by atoms with Crippen molar-refractivity contribution in [2.45, 2.75) is 24.0 Å². The van der Waals surface area contributed by atoms with Gasteiger partial charge in [0.25, 0.3) is 0 Å². The Balaban J connectivity index is 1.73. The summed E-state index contributed by atoms with van der Waals surface area (Å²) in [7, 11) is 0. The molecule has 2 aromatic rings. The number of rotatable bonds is 2. The molecule has 1 saturated carbocycles. The zero-order valence-electron chi connectivity index (χ0n) is 12.4. The average Bonchev–Trinajstić information content (AvgIpc) is 2.58. The summed E-state index contributed by atoms with van der Waals surface area (Å²) in [5, 5.41) is 22.5. The molecule has 0 aromatic heterocycles. The monoisotopic (exact) mass is 292 g/mol. The maximum Gasteiger partial charge on any atom is 0.0966 e. The third-order valence-electron chi connectivity index (χ3n) is 5.41. The van der Waals surface area contributed by atoms with E-state index in [9.17, 15) is 10.2 Å². The minimum Gasteiger partial charge on any atom is -0.385 e. The van der Waals surface area contributed by atoms with E-state index in [1.165, 1.54) is 0 Å². The van der Waals surface area contributed by atoms with E-state index in [0.29, 0.717) is 12.8 Å². The SMILES string of the molecule is O[C@@]1(c2ccccc2)C[C@@H]2C=C[C@H]1C[C@@]2(O)c1ccccc1. The van der Waals surface area contributed by atoms with Gasteiger partial charge in [0.15, 0.2) is 0 Å². The van der Waals surface area contributed by atoms with Gasteiger partial charge in [0, 0.05) is 11.8 Å². The molecule has 2 aromatic carbocycles. The van der Waals surface area contributed by atoms with E-state index in [2.05, 4.69) is 12.2 Å². The largest absolute Gasteiger partial charge is 0.385 e. The number of fused-ring (bicyclic) bond motifs is 2. The molecule has 0 amide bonds. The highest BCUT2D eigenvalue weighted by Crippen LogP contribution is 2.56. The van der Waals surface area contributed by atoms with Gasteiger partial charge in [0.2, 0.25) is 0 Å². The van der Waals surface area contributed by atoms with Gasteiger partial charge in [0.05, 0.1) is 11.2 Å². The van der Waals surface area contributed by atoms with Crippen molar-refractivity contribution < 1.29 is 10.2 Å². The van der Waals surface area contributed by atoms with Crippen molar-refractivity contribution in [3.8, 4) is 0 Å². The fourth-order valence-electron chi connectivity index (χ4n) is 4.15. The molecule has 3 aliphatic carbocycles. The topological polar surface area (TPSA) is 40.5 Å². The molecule has 5 rings (SSSR count). The number of hydrogen-bond acceptors (Lipinski definition) is 2. The molecule has 22 heavy (non-hydrogen) atoms. The third kappa shape index (κ3) is 1.88. The average molecular weight is 292 g/mol. The van der Waals surface area contributed by atoms with E-state index in [4.69, 9.17) is 0 Å². The molecule has 0 spiro atoms. The predicted molar refractivity (Wildman–Crippen MR) is 86.0 cm³/mol. The van der Waals surface area contributed by atoms with E-state index in [1.54, 1.807) is 0 Å². The summed E-state index contributed by atoms with van der Waals surface area (Å²) in [6.07, 6.45) is 5.28. The van der Waals surface area contributed by atoms with Crippen LogP contribution in [0.2, 0.25) is 0 Å². The molecule has 0 saturated heterocycles. The van der Waals surface area contributed by atoms with Gasteiger partial charge in [-0.1, -0.05) is 72.8 Å². The molecule has 0 aliphatic heterocycles. The Kier molecular flexibility index (Phi) is 3.00. The number of benzene rings is 2. The first kappa shape index (κ1) is 13.7. The molecule has 0 unspecified atom stereocenters. The van der Waals surface area contributed by atoms with Crippen molar-refractivity contribution in [2.75, 3.05) is 0 Å². The minimum absolute atomic E-state index is 0.0647. The molecule has 1 fully saturated rings. The van der Waals surface area contributed by atoms with Crippen molar-refractivity contribution in [3.63, 3.8) is 0 Å². The molecule has 0 radical (unpaired) electrons. The lowest BCUT2D eigenvalue weighted by Gasteiger charge is -2.53. The standard InChI is InChI=1S/C20H20O2/c21-19(15-7-3-1-4-8-15)13-18-12-11-17(19)14-20(18,22)16-9-5-2-6-10-16/h1-12,17-18,21-22H,13-14H2/t17-,18-,19+,20+/m0/s1. The van der Waals surface area contributed by atoms with Gasteiger partial charge in [-0.25, -0.2) is 0 Å². The lowest BCUT2D eigenvalue weighted by atomic mass is 9.56. The van der Waals surface area contributed by atoms with Crippen LogP contribution < -0.4 is 0 Å². The van der Waals surface area contributed by atoms with Gasteiger partial charge in [-0.05, 0) is 24.0 Å². The lowest BCUT2D eigenvalue weighted by molar-refractivity contribution is -0.149. The highest BCUT2D eigenvalue weighted by molar-refractivity contribution is 5.35. The maximum atomic E-state index is 11.2. The summed E-state index contributed by atoms with van der Waals surface area (Å²) < 4.78 is 0. The highest BCUT2D eigenvalue weighted by Gasteiger charge is 2.55. The fourth-order valence-corrected chi connectivity index (χ4v) is 4.15. The highest BCUT2D eigenvalue weighted by atomic mass is 16.3. The summed E-state index contributed by atoms with van der Waals surface area (Å²) in [5.74, 6) is -0.129. The second-order valence-electron chi connectivity index (χ2n) is 6.59. The van der Waals surface area contributed by atoms with Crippen LogP contribution in [0.5, 0.6) is 0 Å². The summed E-state index contributed by atoms with van der Waals surface area (Å²) in [6, 6.07) is 19.7. The molecule has 2 N–H and O–H groups in total. The second-order valence-corrected chi connectivity index (χ2v) is 6.59. The van der Waals surface area contributed by atoms with Crippen molar-refractivity contribution >= 4 is 0 Å². The molecule has 112 valence electrons. The molecule has 3 aliphatic rings. The summed E-state index contributed by atoms with van der Waals surface area (Å²) in [5.41, 5.74) is 0.150. The zero-order valence-corrected chi connectivity index (χ0v) is 12.4. The van der Waals surface area contributed by atoms with Crippen LogP contribution in [0, 0.1) is 11.8 Å². The summed E-state index contributed by atoms with van der Waals surface area (Å²) in [6.45, 7) is 0. The first-order valence-corrected chi connectivity index (χ1v) is 7.87. The van der Waals surface area contributed by atoms with E-state index in [1.807, 2.05) is 60.7 Å². The van der Waals surface area contributed by atoms with Crippen LogP contribution in [-0.4, -0.2) is 10.2 Å². The minimum atomic E-state index is -0.873. The third-order valence-corrected chi connectivity index (χ3v) is 5.41. The van der Waals surface area contributed by atoms with E-state index in [0.717, 1.165) is 11.1 Å². The van der Waals surface area contributed by atoms with Gasteiger partial charge in [-0.2, -0.15) is 0 Å². The van der Waals surface area contributed by atoms with Crippen LogP contribution in [0.25, 0.3) is 0 Å². The van der Waals surface area contributed by atoms with E-state index < -0.39 is 11.2 Å². The van der Waals surface area contributed by atoms with Gasteiger partial charge < -0.3 is 10.2 Å². The first-order chi connectivity index (χ1) is 10.6. The Hall–Kier alpha value is -1.90. The molecule has 4 atom stereocenters. The first-order valence-electron chi connectivity index (χ1n) is 7.87. The van der Waals surface area contributed by atoms with Crippen molar-refractivity contribution in [1.29, 1.82) is 0 Å². The Morgan fingerprint density at radius 2 is 1.00 bits per heavy atom. The van der Waals surface area contributed by atoms with Crippen LogP contribution in [0.1, 0.15) is 24.0 Å². The van der Waals surface area contributed by atoms with Crippen LogP contribution in [0.4, 0.5) is 0 Å².